The van der Waals surface area contributed by atoms with Crippen LogP contribution in [0.25, 0.3) is 0 Å². The summed E-state index contributed by atoms with van der Waals surface area (Å²) in [5, 5.41) is 3.47. The molecule has 0 radical (unpaired) electrons. The van der Waals surface area contributed by atoms with Crippen molar-refractivity contribution in [2.24, 2.45) is 11.8 Å². The predicted octanol–water partition coefficient (Wildman–Crippen LogP) is 4.69. The van der Waals surface area contributed by atoms with E-state index in [1.54, 1.807) is 7.11 Å². The Morgan fingerprint density at radius 2 is 1.87 bits per heavy atom. The second-order valence-electron chi connectivity index (χ2n) is 10.9. The van der Waals surface area contributed by atoms with Crippen molar-refractivity contribution in [3.05, 3.63) is 41.7 Å². The first kappa shape index (κ1) is 26.7. The molecule has 2 saturated heterocycles. The molecule has 1 saturated carbocycles. The fourth-order valence-corrected chi connectivity index (χ4v) is 6.00. The fourth-order valence-electron chi connectivity index (χ4n) is 6.00. The van der Waals surface area contributed by atoms with Crippen molar-refractivity contribution in [3.8, 4) is 11.8 Å². The van der Waals surface area contributed by atoms with Gasteiger partial charge in [0.2, 0.25) is 11.8 Å². The molecule has 1 atom stereocenters. The summed E-state index contributed by atoms with van der Waals surface area (Å²) >= 11 is 0. The summed E-state index contributed by atoms with van der Waals surface area (Å²) < 4.78 is 16.9. The van der Waals surface area contributed by atoms with Crippen LogP contribution in [0.2, 0.25) is 0 Å². The lowest BCUT2D eigenvalue weighted by Gasteiger charge is -2.36. The molecular weight excluding hydrogens is 480 g/mol. The third-order valence-corrected chi connectivity index (χ3v) is 8.37. The Morgan fingerprint density at radius 1 is 1.08 bits per heavy atom. The maximum atomic E-state index is 12.2. The third kappa shape index (κ3) is 6.76. The van der Waals surface area contributed by atoms with E-state index < -0.39 is 0 Å². The van der Waals surface area contributed by atoms with Crippen LogP contribution in [-0.2, 0) is 9.53 Å². The predicted molar refractivity (Wildman–Crippen MR) is 147 cm³/mol. The zero-order chi connectivity index (χ0) is 26.3. The molecule has 0 aromatic carbocycles. The average Bonchev–Trinajstić information content (AvgIpc) is 3.81. The second kappa shape index (κ2) is 12.8. The van der Waals surface area contributed by atoms with E-state index in [0.29, 0.717) is 49.1 Å². The van der Waals surface area contributed by atoms with E-state index in [1.165, 1.54) is 24.1 Å². The molecule has 38 heavy (non-hydrogen) atoms. The Labute approximate surface area is 226 Å². The molecule has 206 valence electrons. The number of piperidine rings is 2. The van der Waals surface area contributed by atoms with Crippen LogP contribution in [0.5, 0.6) is 11.8 Å². The van der Waals surface area contributed by atoms with Gasteiger partial charge in [-0.1, -0.05) is 0 Å². The summed E-state index contributed by atoms with van der Waals surface area (Å²) in [7, 11) is 1.69. The van der Waals surface area contributed by atoms with Crippen molar-refractivity contribution in [2.75, 3.05) is 51.4 Å². The minimum absolute atomic E-state index is 0.120. The lowest BCUT2D eigenvalue weighted by atomic mass is 9.89. The molecule has 3 aliphatic rings. The minimum atomic E-state index is -0.120. The number of nitrogens with one attached hydrogen (secondary N) is 1. The van der Waals surface area contributed by atoms with Gasteiger partial charge in [0, 0.05) is 43.3 Å². The minimum Gasteiger partial charge on any atom is -0.481 e. The molecule has 4 heterocycles. The van der Waals surface area contributed by atoms with Crippen LogP contribution < -0.4 is 19.7 Å². The smallest absolute Gasteiger partial charge is 0.306 e. The molecule has 2 aromatic rings. The number of esters is 1. The number of carbonyl (C=O) groups excluding carboxylic acids is 1. The van der Waals surface area contributed by atoms with E-state index >= 15 is 0 Å². The summed E-state index contributed by atoms with van der Waals surface area (Å²) in [6.45, 7) is 7.06. The van der Waals surface area contributed by atoms with Gasteiger partial charge in [0.25, 0.3) is 0 Å². The van der Waals surface area contributed by atoms with Crippen LogP contribution in [0.1, 0.15) is 74.8 Å². The molecule has 1 aliphatic carbocycles. The highest BCUT2D eigenvalue weighted by molar-refractivity contribution is 5.70. The van der Waals surface area contributed by atoms with Gasteiger partial charge in [0.15, 0.2) is 0 Å². The van der Waals surface area contributed by atoms with Gasteiger partial charge in [-0.05, 0) is 99.4 Å². The number of carbonyl (C=O) groups is 1. The summed E-state index contributed by atoms with van der Waals surface area (Å²) in [5.74, 6) is 3.00. The number of nitrogens with zero attached hydrogens (tertiary/aromatic N) is 3. The zero-order valence-corrected chi connectivity index (χ0v) is 22.9. The van der Waals surface area contributed by atoms with E-state index in [4.69, 9.17) is 14.2 Å². The van der Waals surface area contributed by atoms with Gasteiger partial charge in [-0.15, -0.1) is 0 Å². The molecule has 0 unspecified atom stereocenters. The molecule has 3 fully saturated rings. The van der Waals surface area contributed by atoms with Gasteiger partial charge in [-0.3, -0.25) is 4.79 Å². The maximum absolute atomic E-state index is 12.2. The third-order valence-electron chi connectivity index (χ3n) is 8.37. The molecule has 8 heteroatoms. The Kier molecular flexibility index (Phi) is 8.99. The van der Waals surface area contributed by atoms with Gasteiger partial charge in [0.05, 0.1) is 26.7 Å². The van der Waals surface area contributed by atoms with Crippen LogP contribution >= 0.6 is 0 Å². The van der Waals surface area contributed by atoms with Crippen LogP contribution in [-0.4, -0.2) is 62.4 Å². The number of anilines is 1. The number of ether oxygens (including phenoxy) is 3. The quantitative estimate of drug-likeness (QED) is 0.425. The summed E-state index contributed by atoms with van der Waals surface area (Å²) in [4.78, 5) is 23.7. The Hall–Kier alpha value is -2.87. The van der Waals surface area contributed by atoms with E-state index in [2.05, 4.69) is 26.3 Å². The van der Waals surface area contributed by atoms with Gasteiger partial charge in [0.1, 0.15) is 0 Å². The van der Waals surface area contributed by atoms with Crippen LogP contribution in [0.4, 0.5) is 5.69 Å². The highest BCUT2D eigenvalue weighted by Gasteiger charge is 2.34. The molecule has 5 rings (SSSR count). The summed E-state index contributed by atoms with van der Waals surface area (Å²) in [5.41, 5.74) is 3.78. The monoisotopic (exact) mass is 522 g/mol. The molecule has 0 spiro atoms. The first-order chi connectivity index (χ1) is 18.6. The first-order valence-corrected chi connectivity index (χ1v) is 14.4. The maximum Gasteiger partial charge on any atom is 0.306 e. The van der Waals surface area contributed by atoms with Crippen LogP contribution in [0.15, 0.2) is 30.6 Å². The molecular formula is C30H42N4O4. The van der Waals surface area contributed by atoms with E-state index in [9.17, 15) is 4.79 Å². The second-order valence-corrected chi connectivity index (χ2v) is 10.9. The normalized spacial score (nSPS) is 19.7. The van der Waals surface area contributed by atoms with Crippen molar-refractivity contribution in [1.82, 2.24) is 15.3 Å². The Bertz CT molecular complexity index is 1060. The highest BCUT2D eigenvalue weighted by Crippen LogP contribution is 2.45. The molecule has 1 N–H and O–H groups in total. The van der Waals surface area contributed by atoms with E-state index in [1.807, 2.05) is 31.5 Å². The van der Waals surface area contributed by atoms with Crippen molar-refractivity contribution in [3.63, 3.8) is 0 Å². The van der Waals surface area contributed by atoms with Crippen LogP contribution in [0, 0.1) is 11.8 Å². The van der Waals surface area contributed by atoms with Crippen LogP contribution in [0.3, 0.4) is 0 Å². The van der Waals surface area contributed by atoms with E-state index in [0.717, 1.165) is 57.4 Å². The number of hydrogen-bond donors (Lipinski definition) is 1. The van der Waals surface area contributed by atoms with Gasteiger partial charge in [-0.2, -0.15) is 0 Å². The SMILES string of the molecule is CCOC(=O)C[C@H](c1ccnc(OCC2CCN(c3cc(OC)ncc3C3CCNCC3)CC2)c1)C1CC1. The molecule has 2 aromatic heterocycles. The molecule has 2 aliphatic heterocycles. The summed E-state index contributed by atoms with van der Waals surface area (Å²) in [6.07, 6.45) is 11.1. The number of rotatable bonds is 11. The number of aromatic nitrogens is 2. The lowest BCUT2D eigenvalue weighted by Crippen LogP contribution is -2.37. The van der Waals surface area contributed by atoms with Gasteiger partial charge in [-0.25, -0.2) is 9.97 Å². The number of methoxy groups -OCH3 is 1. The van der Waals surface area contributed by atoms with Gasteiger partial charge >= 0.3 is 5.97 Å². The highest BCUT2D eigenvalue weighted by atomic mass is 16.5. The Morgan fingerprint density at radius 3 is 2.58 bits per heavy atom. The number of hydrogen-bond acceptors (Lipinski definition) is 8. The van der Waals surface area contributed by atoms with Gasteiger partial charge < -0.3 is 24.4 Å². The van der Waals surface area contributed by atoms with Crippen molar-refractivity contribution < 1.29 is 19.0 Å². The largest absolute Gasteiger partial charge is 0.481 e. The van der Waals surface area contributed by atoms with E-state index in [-0.39, 0.29) is 11.9 Å². The summed E-state index contributed by atoms with van der Waals surface area (Å²) in [6, 6.07) is 6.18. The molecule has 0 amide bonds. The first-order valence-electron chi connectivity index (χ1n) is 14.4. The molecule has 0 bridgehead atoms. The lowest BCUT2D eigenvalue weighted by molar-refractivity contribution is -0.143. The van der Waals surface area contributed by atoms with Crippen molar-refractivity contribution in [2.45, 2.75) is 63.7 Å². The standard InChI is InChI=1S/C30H42N4O4/c1-3-37-30(35)17-25(22-4-5-22)24-8-13-32-29(16-24)38-20-21-9-14-34(15-10-21)27-18-28(36-2)33-19-26(27)23-6-11-31-12-7-23/h8,13,16,18-19,21-23,25,31H,3-7,9-12,14-15,17,20H2,1-2H3/t25-/m0/s1. The molecule has 8 nitrogen and oxygen atoms in total. The topological polar surface area (TPSA) is 85.8 Å². The fraction of sp³-hybridized carbons (Fsp3) is 0.633. The number of pyridine rings is 2. The Balaban J connectivity index is 1.17. The van der Waals surface area contributed by atoms with Crippen molar-refractivity contribution >= 4 is 11.7 Å². The average molecular weight is 523 g/mol. The van der Waals surface area contributed by atoms with Crippen molar-refractivity contribution in [1.29, 1.82) is 0 Å². The zero-order valence-electron chi connectivity index (χ0n) is 22.9.